The van der Waals surface area contributed by atoms with Crippen LogP contribution in [-0.4, -0.2) is 21.1 Å². The number of para-hydroxylation sites is 1. The summed E-state index contributed by atoms with van der Waals surface area (Å²) in [5, 5.41) is 4.83. The maximum absolute atomic E-state index is 12.9. The Morgan fingerprint density at radius 1 is 1.15 bits per heavy atom. The molecule has 1 atom stereocenters. The van der Waals surface area contributed by atoms with E-state index in [9.17, 15) is 4.79 Å². The first-order valence-corrected chi connectivity index (χ1v) is 10.8. The Labute approximate surface area is 168 Å². The number of aromatic nitrogens is 2. The van der Waals surface area contributed by atoms with E-state index in [1.807, 2.05) is 26.0 Å². The van der Waals surface area contributed by atoms with Gasteiger partial charge in [0, 0.05) is 16.0 Å². The van der Waals surface area contributed by atoms with Crippen LogP contribution in [0.5, 0.6) is 0 Å². The normalized spacial score (nSPS) is 12.6. The Hall–Kier alpha value is -1.92. The van der Waals surface area contributed by atoms with Gasteiger partial charge in [0.2, 0.25) is 5.91 Å². The van der Waals surface area contributed by atoms with E-state index >= 15 is 0 Å². The minimum Gasteiger partial charge on any atom is -0.325 e. The fourth-order valence-corrected chi connectivity index (χ4v) is 5.07. The predicted molar refractivity (Wildman–Crippen MR) is 116 cm³/mol. The number of nitrogens with one attached hydrogen (secondary N) is 1. The molecule has 1 N–H and O–H groups in total. The van der Waals surface area contributed by atoms with Crippen molar-refractivity contribution >= 4 is 44.9 Å². The fraction of sp³-hybridized carbons (Fsp3) is 0.381. The molecule has 0 aliphatic rings. The number of carbonyl (C=O) groups is 1. The highest BCUT2D eigenvalue weighted by molar-refractivity contribution is 8.00. The van der Waals surface area contributed by atoms with Gasteiger partial charge in [-0.3, -0.25) is 4.79 Å². The number of amides is 1. The van der Waals surface area contributed by atoms with E-state index in [-0.39, 0.29) is 11.2 Å². The summed E-state index contributed by atoms with van der Waals surface area (Å²) in [6.45, 7) is 12.4. The zero-order valence-corrected chi connectivity index (χ0v) is 18.2. The largest absolute Gasteiger partial charge is 0.325 e. The highest BCUT2D eigenvalue weighted by atomic mass is 32.2. The predicted octanol–water partition coefficient (Wildman–Crippen LogP) is 5.86. The third-order valence-electron chi connectivity index (χ3n) is 4.76. The Balaban J connectivity index is 1.84. The number of thiophene rings is 1. The van der Waals surface area contributed by atoms with Gasteiger partial charge in [0.1, 0.15) is 16.2 Å². The summed E-state index contributed by atoms with van der Waals surface area (Å²) < 4.78 is 0. The number of thioether (sulfide) groups is 1. The average molecular weight is 400 g/mol. The van der Waals surface area contributed by atoms with Gasteiger partial charge in [-0.1, -0.05) is 43.8 Å². The Bertz CT molecular complexity index is 995. The summed E-state index contributed by atoms with van der Waals surface area (Å²) in [5.41, 5.74) is 4.38. The van der Waals surface area contributed by atoms with E-state index in [0.29, 0.717) is 5.92 Å². The lowest BCUT2D eigenvalue weighted by atomic mass is 9.98. The van der Waals surface area contributed by atoms with Crippen molar-refractivity contribution in [3.8, 4) is 0 Å². The number of carbonyl (C=O) groups excluding carboxylic acids is 1. The summed E-state index contributed by atoms with van der Waals surface area (Å²) in [5.74, 6) is 0.341. The number of hydrogen-bond donors (Lipinski definition) is 1. The second-order valence-electron chi connectivity index (χ2n) is 7.09. The van der Waals surface area contributed by atoms with E-state index in [2.05, 4.69) is 49.0 Å². The van der Waals surface area contributed by atoms with Crippen molar-refractivity contribution in [3.05, 3.63) is 46.1 Å². The number of anilines is 1. The van der Waals surface area contributed by atoms with Crippen molar-refractivity contribution in [1.29, 1.82) is 0 Å². The molecule has 0 saturated carbocycles. The highest BCUT2D eigenvalue weighted by Crippen LogP contribution is 2.36. The molecular weight excluding hydrogens is 374 g/mol. The molecule has 1 aromatic carbocycles. The minimum absolute atomic E-state index is 0.00688. The van der Waals surface area contributed by atoms with Gasteiger partial charge in [-0.2, -0.15) is 0 Å². The van der Waals surface area contributed by atoms with Crippen molar-refractivity contribution in [1.82, 2.24) is 9.97 Å². The quantitative estimate of drug-likeness (QED) is 0.431. The molecule has 6 heteroatoms. The molecule has 4 nitrogen and oxygen atoms in total. The summed E-state index contributed by atoms with van der Waals surface area (Å²) in [4.78, 5) is 24.0. The molecule has 2 heterocycles. The highest BCUT2D eigenvalue weighted by Gasteiger charge is 2.21. The lowest BCUT2D eigenvalue weighted by Crippen LogP contribution is -2.24. The summed E-state index contributed by atoms with van der Waals surface area (Å²) in [7, 11) is 0. The van der Waals surface area contributed by atoms with Crippen LogP contribution in [0.25, 0.3) is 10.2 Å². The molecule has 1 amide bonds. The van der Waals surface area contributed by atoms with Gasteiger partial charge in [-0.15, -0.1) is 11.3 Å². The second kappa shape index (κ2) is 7.98. The molecule has 0 unspecified atom stereocenters. The van der Waals surface area contributed by atoms with Crippen molar-refractivity contribution in [3.63, 3.8) is 0 Å². The van der Waals surface area contributed by atoms with Crippen LogP contribution in [0.3, 0.4) is 0 Å². The lowest BCUT2D eigenvalue weighted by Gasteiger charge is -2.18. The minimum atomic E-state index is -0.262. The van der Waals surface area contributed by atoms with Crippen molar-refractivity contribution in [2.75, 3.05) is 5.32 Å². The van der Waals surface area contributed by atoms with Crippen LogP contribution in [-0.2, 0) is 4.79 Å². The van der Waals surface area contributed by atoms with Crippen LogP contribution in [0.15, 0.2) is 29.6 Å². The topological polar surface area (TPSA) is 54.9 Å². The van der Waals surface area contributed by atoms with Gasteiger partial charge in [0.05, 0.1) is 5.25 Å². The maximum Gasteiger partial charge on any atom is 0.237 e. The molecule has 3 rings (SSSR count). The van der Waals surface area contributed by atoms with Crippen molar-refractivity contribution in [2.24, 2.45) is 0 Å². The average Bonchev–Trinajstić information content (AvgIpc) is 2.91. The molecule has 0 aliphatic carbocycles. The van der Waals surface area contributed by atoms with Crippen LogP contribution in [0.1, 0.15) is 48.3 Å². The Kier molecular flexibility index (Phi) is 5.86. The van der Waals surface area contributed by atoms with Gasteiger partial charge in [-0.05, 0) is 50.3 Å². The number of aryl methyl sites for hydroxylation is 3. The number of fused-ring (bicyclic) bond motifs is 1. The van der Waals surface area contributed by atoms with Gasteiger partial charge in [0.25, 0.3) is 0 Å². The van der Waals surface area contributed by atoms with Crippen molar-refractivity contribution < 1.29 is 4.79 Å². The molecule has 142 valence electrons. The monoisotopic (exact) mass is 399 g/mol. The Morgan fingerprint density at radius 3 is 2.59 bits per heavy atom. The fourth-order valence-electron chi connectivity index (χ4n) is 3.03. The molecular formula is C21H25N3OS2. The Morgan fingerprint density at radius 2 is 1.89 bits per heavy atom. The van der Waals surface area contributed by atoms with Crippen LogP contribution >= 0.6 is 23.1 Å². The first kappa shape index (κ1) is 19.8. The van der Waals surface area contributed by atoms with Crippen molar-refractivity contribution in [2.45, 2.75) is 57.7 Å². The van der Waals surface area contributed by atoms with Gasteiger partial charge < -0.3 is 5.32 Å². The molecule has 0 radical (unpaired) electrons. The molecule has 0 spiro atoms. The number of rotatable bonds is 5. The van der Waals surface area contributed by atoms with E-state index < -0.39 is 0 Å². The molecule has 3 aromatic rings. The molecule has 0 bridgehead atoms. The molecule has 0 aliphatic heterocycles. The van der Waals surface area contributed by atoms with Crippen LogP contribution in [0.2, 0.25) is 0 Å². The second-order valence-corrected chi connectivity index (χ2v) is 9.62. The van der Waals surface area contributed by atoms with Gasteiger partial charge in [0.15, 0.2) is 0 Å². The smallest absolute Gasteiger partial charge is 0.237 e. The SMILES string of the molecule is Cc1cccc(C(C)C)c1NC(=O)[C@@H](C)Sc1ncnc2sc(C)c(C)c12. The summed E-state index contributed by atoms with van der Waals surface area (Å²) in [6.07, 6.45) is 1.59. The maximum atomic E-state index is 12.9. The number of nitrogens with zero attached hydrogens (tertiary/aromatic N) is 2. The third kappa shape index (κ3) is 4.01. The number of benzene rings is 1. The zero-order chi connectivity index (χ0) is 19.7. The van der Waals surface area contributed by atoms with E-state index in [0.717, 1.165) is 32.1 Å². The zero-order valence-electron chi connectivity index (χ0n) is 16.6. The molecule has 27 heavy (non-hydrogen) atoms. The first-order valence-electron chi connectivity index (χ1n) is 9.07. The number of hydrogen-bond acceptors (Lipinski definition) is 5. The molecule has 0 fully saturated rings. The third-order valence-corrected chi connectivity index (χ3v) is 6.98. The van der Waals surface area contributed by atoms with Gasteiger partial charge in [-0.25, -0.2) is 9.97 Å². The van der Waals surface area contributed by atoms with E-state index in [4.69, 9.17) is 0 Å². The van der Waals surface area contributed by atoms with Crippen LogP contribution in [0, 0.1) is 20.8 Å². The van der Waals surface area contributed by atoms with Gasteiger partial charge >= 0.3 is 0 Å². The van der Waals surface area contributed by atoms with Crippen LogP contribution < -0.4 is 5.32 Å². The summed E-state index contributed by atoms with van der Waals surface area (Å²) in [6, 6.07) is 6.15. The van der Waals surface area contributed by atoms with E-state index in [1.54, 1.807) is 17.7 Å². The molecule has 2 aromatic heterocycles. The summed E-state index contributed by atoms with van der Waals surface area (Å²) >= 11 is 3.16. The van der Waals surface area contributed by atoms with E-state index in [1.165, 1.54) is 22.2 Å². The lowest BCUT2D eigenvalue weighted by molar-refractivity contribution is -0.115. The molecule has 0 saturated heterocycles. The van der Waals surface area contributed by atoms with Crippen LogP contribution in [0.4, 0.5) is 5.69 Å². The first-order chi connectivity index (χ1) is 12.8. The standard InChI is InChI=1S/C21H25N3OS2/c1-11(2)16-9-7-8-12(3)18(16)24-19(25)15(6)27-21-17-13(4)14(5)26-20(17)22-10-23-21/h7-11,15H,1-6H3,(H,24,25)/t15-/m1/s1.